The molecule has 0 aromatic heterocycles. The lowest BCUT2D eigenvalue weighted by molar-refractivity contribution is -0.141. The standard InChI is InChI=1S/C15H21NO4/c1-10(2)11-4-6-12(7-5-11)14(19)16-9-15(3,20)8-13(17)18/h4-7,10,20H,8-9H2,1-3H3,(H,16,19)(H,17,18). The quantitative estimate of drug-likeness (QED) is 0.740. The van der Waals surface area contributed by atoms with Crippen LogP contribution in [0.1, 0.15) is 49.0 Å². The van der Waals surface area contributed by atoms with Crippen molar-refractivity contribution in [2.75, 3.05) is 6.54 Å². The molecule has 1 rings (SSSR count). The van der Waals surface area contributed by atoms with Gasteiger partial charge in [0.25, 0.3) is 5.91 Å². The van der Waals surface area contributed by atoms with Crippen LogP contribution in [0.4, 0.5) is 0 Å². The summed E-state index contributed by atoms with van der Waals surface area (Å²) in [5.74, 6) is -1.04. The number of carboxylic acids is 1. The van der Waals surface area contributed by atoms with Crippen LogP contribution >= 0.6 is 0 Å². The lowest BCUT2D eigenvalue weighted by Gasteiger charge is -2.21. The maximum atomic E-state index is 11.9. The van der Waals surface area contributed by atoms with Gasteiger partial charge in [-0.2, -0.15) is 0 Å². The van der Waals surface area contributed by atoms with Crippen LogP contribution in [0.3, 0.4) is 0 Å². The summed E-state index contributed by atoms with van der Waals surface area (Å²) in [4.78, 5) is 22.4. The largest absolute Gasteiger partial charge is 0.481 e. The second-order valence-electron chi connectivity index (χ2n) is 5.53. The van der Waals surface area contributed by atoms with Crippen molar-refractivity contribution in [2.24, 2.45) is 0 Å². The third kappa shape index (κ3) is 5.01. The van der Waals surface area contributed by atoms with Crippen molar-refractivity contribution in [1.29, 1.82) is 0 Å². The lowest BCUT2D eigenvalue weighted by atomic mass is 10.0. The second-order valence-corrected chi connectivity index (χ2v) is 5.53. The summed E-state index contributed by atoms with van der Waals surface area (Å²) in [5, 5.41) is 21.0. The zero-order valence-electron chi connectivity index (χ0n) is 12.0. The van der Waals surface area contributed by atoms with E-state index in [1.165, 1.54) is 6.92 Å². The van der Waals surface area contributed by atoms with E-state index in [-0.39, 0.29) is 12.5 Å². The van der Waals surface area contributed by atoms with Gasteiger partial charge in [-0.05, 0) is 30.5 Å². The first-order chi connectivity index (χ1) is 9.21. The molecule has 0 bridgehead atoms. The zero-order valence-corrected chi connectivity index (χ0v) is 12.0. The molecule has 0 aliphatic carbocycles. The highest BCUT2D eigenvalue weighted by molar-refractivity contribution is 5.94. The molecule has 3 N–H and O–H groups in total. The summed E-state index contributed by atoms with van der Waals surface area (Å²) in [6, 6.07) is 7.21. The maximum absolute atomic E-state index is 11.9. The third-order valence-corrected chi connectivity index (χ3v) is 3.00. The summed E-state index contributed by atoms with van der Waals surface area (Å²) in [6.45, 7) is 5.41. The highest BCUT2D eigenvalue weighted by Gasteiger charge is 2.25. The Morgan fingerprint density at radius 1 is 1.25 bits per heavy atom. The highest BCUT2D eigenvalue weighted by Crippen LogP contribution is 2.15. The zero-order chi connectivity index (χ0) is 15.3. The molecule has 0 spiro atoms. The van der Waals surface area contributed by atoms with Crippen molar-refractivity contribution in [3.8, 4) is 0 Å². The van der Waals surface area contributed by atoms with Crippen LogP contribution in [0.15, 0.2) is 24.3 Å². The Kier molecular flexibility index (Phi) is 5.27. The molecule has 1 aromatic rings. The molecule has 0 fully saturated rings. The number of carboxylic acid groups (broad SMARTS) is 1. The van der Waals surface area contributed by atoms with Crippen molar-refractivity contribution in [3.05, 3.63) is 35.4 Å². The van der Waals surface area contributed by atoms with E-state index in [4.69, 9.17) is 5.11 Å². The Bertz CT molecular complexity index is 477. The predicted octanol–water partition coefficient (Wildman–Crippen LogP) is 1.77. The topological polar surface area (TPSA) is 86.6 Å². The Morgan fingerprint density at radius 3 is 2.25 bits per heavy atom. The van der Waals surface area contributed by atoms with Gasteiger partial charge in [0.1, 0.15) is 0 Å². The fourth-order valence-corrected chi connectivity index (χ4v) is 1.78. The molecule has 5 heteroatoms. The summed E-state index contributed by atoms with van der Waals surface area (Å²) in [7, 11) is 0. The third-order valence-electron chi connectivity index (χ3n) is 3.00. The molecule has 5 nitrogen and oxygen atoms in total. The second kappa shape index (κ2) is 6.52. The van der Waals surface area contributed by atoms with Gasteiger partial charge in [-0.3, -0.25) is 9.59 Å². The van der Waals surface area contributed by atoms with E-state index >= 15 is 0 Å². The number of rotatable bonds is 6. The first-order valence-corrected chi connectivity index (χ1v) is 6.53. The first kappa shape index (κ1) is 16.2. The number of hydrogen-bond acceptors (Lipinski definition) is 3. The molecular formula is C15H21NO4. The molecule has 1 unspecified atom stereocenters. The Morgan fingerprint density at radius 2 is 1.80 bits per heavy atom. The van der Waals surface area contributed by atoms with Gasteiger partial charge in [0, 0.05) is 12.1 Å². The van der Waals surface area contributed by atoms with Gasteiger partial charge in [-0.25, -0.2) is 0 Å². The fourth-order valence-electron chi connectivity index (χ4n) is 1.78. The smallest absolute Gasteiger partial charge is 0.306 e. The van der Waals surface area contributed by atoms with Gasteiger partial charge in [-0.15, -0.1) is 0 Å². The molecule has 0 radical (unpaired) electrons. The van der Waals surface area contributed by atoms with Crippen molar-refractivity contribution in [1.82, 2.24) is 5.32 Å². The summed E-state index contributed by atoms with van der Waals surface area (Å²) >= 11 is 0. The molecule has 0 heterocycles. The van der Waals surface area contributed by atoms with E-state index in [0.717, 1.165) is 5.56 Å². The van der Waals surface area contributed by atoms with Crippen molar-refractivity contribution in [2.45, 2.75) is 38.7 Å². The lowest BCUT2D eigenvalue weighted by Crippen LogP contribution is -2.42. The van der Waals surface area contributed by atoms with Crippen LogP contribution in [0.25, 0.3) is 0 Å². The molecule has 1 aromatic carbocycles. The number of amides is 1. The predicted molar refractivity (Wildman–Crippen MR) is 75.7 cm³/mol. The minimum Gasteiger partial charge on any atom is -0.481 e. The molecule has 1 atom stereocenters. The molecular weight excluding hydrogens is 258 g/mol. The molecule has 0 aliphatic heterocycles. The van der Waals surface area contributed by atoms with Gasteiger partial charge in [0.2, 0.25) is 0 Å². The van der Waals surface area contributed by atoms with Gasteiger partial charge >= 0.3 is 5.97 Å². The molecule has 110 valence electrons. The van der Waals surface area contributed by atoms with E-state index in [1.54, 1.807) is 12.1 Å². The van der Waals surface area contributed by atoms with E-state index < -0.39 is 18.0 Å². The number of carbonyl (C=O) groups excluding carboxylic acids is 1. The number of nitrogens with one attached hydrogen (secondary N) is 1. The maximum Gasteiger partial charge on any atom is 0.306 e. The summed E-state index contributed by atoms with van der Waals surface area (Å²) < 4.78 is 0. The van der Waals surface area contributed by atoms with Crippen molar-refractivity contribution < 1.29 is 19.8 Å². The van der Waals surface area contributed by atoms with Gasteiger partial charge in [0.05, 0.1) is 12.0 Å². The number of benzene rings is 1. The van der Waals surface area contributed by atoms with Gasteiger partial charge < -0.3 is 15.5 Å². The monoisotopic (exact) mass is 279 g/mol. The van der Waals surface area contributed by atoms with E-state index in [9.17, 15) is 14.7 Å². The highest BCUT2D eigenvalue weighted by atomic mass is 16.4. The van der Waals surface area contributed by atoms with Crippen LogP contribution in [-0.2, 0) is 4.79 Å². The normalized spacial score (nSPS) is 13.8. The molecule has 1 amide bonds. The van der Waals surface area contributed by atoms with Crippen LogP contribution in [0.2, 0.25) is 0 Å². The van der Waals surface area contributed by atoms with E-state index in [2.05, 4.69) is 19.2 Å². The van der Waals surface area contributed by atoms with E-state index in [0.29, 0.717) is 11.5 Å². The molecule has 0 saturated carbocycles. The van der Waals surface area contributed by atoms with Crippen molar-refractivity contribution in [3.63, 3.8) is 0 Å². The Labute approximate surface area is 118 Å². The van der Waals surface area contributed by atoms with Crippen LogP contribution < -0.4 is 5.32 Å². The average molecular weight is 279 g/mol. The molecule has 0 saturated heterocycles. The Balaban J connectivity index is 2.61. The van der Waals surface area contributed by atoms with Crippen LogP contribution in [0.5, 0.6) is 0 Å². The number of hydrogen-bond donors (Lipinski definition) is 3. The first-order valence-electron chi connectivity index (χ1n) is 6.53. The average Bonchev–Trinajstić information content (AvgIpc) is 2.34. The molecule has 0 aliphatic rings. The van der Waals surface area contributed by atoms with E-state index in [1.807, 2.05) is 12.1 Å². The SMILES string of the molecule is CC(C)c1ccc(C(=O)NCC(C)(O)CC(=O)O)cc1. The fraction of sp³-hybridized carbons (Fsp3) is 0.467. The summed E-state index contributed by atoms with van der Waals surface area (Å²) in [5.41, 5.74) is 0.166. The van der Waals surface area contributed by atoms with Gasteiger partial charge in [-0.1, -0.05) is 26.0 Å². The van der Waals surface area contributed by atoms with Crippen molar-refractivity contribution >= 4 is 11.9 Å². The minimum atomic E-state index is -1.46. The van der Waals surface area contributed by atoms with Crippen LogP contribution in [0, 0.1) is 0 Å². The molecule has 20 heavy (non-hydrogen) atoms. The van der Waals surface area contributed by atoms with Gasteiger partial charge in [0.15, 0.2) is 0 Å². The minimum absolute atomic E-state index is 0.107. The number of aliphatic hydroxyl groups is 1. The summed E-state index contributed by atoms with van der Waals surface area (Å²) in [6.07, 6.45) is -0.417. The number of aliphatic carboxylic acids is 1. The number of carbonyl (C=O) groups is 2. The Hall–Kier alpha value is -1.88. The van der Waals surface area contributed by atoms with Crippen LogP contribution in [-0.4, -0.2) is 34.2 Å².